The fourth-order valence-corrected chi connectivity index (χ4v) is 3.24. The summed E-state index contributed by atoms with van der Waals surface area (Å²) in [4.78, 5) is 0. The summed E-state index contributed by atoms with van der Waals surface area (Å²) in [6.45, 7) is 8.66. The van der Waals surface area contributed by atoms with E-state index in [0.717, 1.165) is 35.6 Å². The van der Waals surface area contributed by atoms with E-state index in [1.165, 1.54) is 30.4 Å². The van der Waals surface area contributed by atoms with Gasteiger partial charge in [0.25, 0.3) is 0 Å². The van der Waals surface area contributed by atoms with E-state index in [0.29, 0.717) is 0 Å². The molecule has 1 unspecified atom stereocenters. The first kappa shape index (κ1) is 18.1. The molecule has 1 heterocycles. The molecule has 1 aliphatic rings. The lowest BCUT2D eigenvalue weighted by atomic mass is 9.93. The summed E-state index contributed by atoms with van der Waals surface area (Å²) in [5.74, 6) is 0.936. The summed E-state index contributed by atoms with van der Waals surface area (Å²) in [5.41, 5.74) is 3.41. The number of hydrogen-bond donors (Lipinski definition) is 0. The fourth-order valence-electron chi connectivity index (χ4n) is 2.94. The van der Waals surface area contributed by atoms with Crippen molar-refractivity contribution < 1.29 is 4.74 Å². The van der Waals surface area contributed by atoms with Crippen molar-refractivity contribution in [1.82, 2.24) is 0 Å². The lowest BCUT2D eigenvalue weighted by Crippen LogP contribution is -2.31. The third-order valence-corrected chi connectivity index (χ3v) is 4.67. The average Bonchev–Trinajstić information content (AvgIpc) is 2.46. The molecule has 0 radical (unpaired) electrons. The second-order valence-electron chi connectivity index (χ2n) is 7.01. The third kappa shape index (κ3) is 5.14. The third-order valence-electron chi connectivity index (χ3n) is 4.36. The molecule has 0 saturated heterocycles. The second-order valence-corrected chi connectivity index (χ2v) is 7.42. The molecule has 0 spiro atoms. The van der Waals surface area contributed by atoms with Crippen LogP contribution in [0.1, 0.15) is 70.9 Å². The summed E-state index contributed by atoms with van der Waals surface area (Å²) in [5, 5.41) is 0.802. The maximum absolute atomic E-state index is 6.46. The number of halogens is 1. The van der Waals surface area contributed by atoms with E-state index in [1.807, 2.05) is 0 Å². The molecule has 0 aliphatic carbocycles. The minimum atomic E-state index is -0.246. The normalized spacial score (nSPS) is 19.2. The number of aryl methyl sites for hydroxylation is 1. The number of allylic oxidation sites excluding steroid dienone is 2. The van der Waals surface area contributed by atoms with E-state index in [1.54, 1.807) is 0 Å². The molecule has 2 heteroatoms. The molecule has 0 saturated carbocycles. The first-order valence-corrected chi connectivity index (χ1v) is 9.15. The van der Waals surface area contributed by atoms with Crippen molar-refractivity contribution in [3.63, 3.8) is 0 Å². The smallest absolute Gasteiger partial charge is 0.129 e. The van der Waals surface area contributed by atoms with Crippen LogP contribution < -0.4 is 4.74 Å². The van der Waals surface area contributed by atoms with Gasteiger partial charge in [0.05, 0.1) is 5.02 Å². The monoisotopic (exact) mass is 332 g/mol. The molecule has 23 heavy (non-hydrogen) atoms. The maximum Gasteiger partial charge on any atom is 0.129 e. The molecule has 1 nitrogen and oxygen atoms in total. The van der Waals surface area contributed by atoms with Gasteiger partial charge in [-0.05, 0) is 76.3 Å². The van der Waals surface area contributed by atoms with E-state index < -0.39 is 0 Å². The Hall–Kier alpha value is -1.21. The Labute approximate surface area is 146 Å². The number of rotatable bonds is 7. The van der Waals surface area contributed by atoms with Crippen LogP contribution in [0.2, 0.25) is 5.02 Å². The molecule has 0 aromatic heterocycles. The summed E-state index contributed by atoms with van der Waals surface area (Å²) >= 11 is 6.46. The summed E-state index contributed by atoms with van der Waals surface area (Å²) < 4.78 is 6.33. The highest BCUT2D eigenvalue weighted by molar-refractivity contribution is 6.32. The Morgan fingerprint density at radius 2 is 2.04 bits per heavy atom. The second kappa shape index (κ2) is 8.06. The van der Waals surface area contributed by atoms with Gasteiger partial charge in [-0.1, -0.05) is 43.0 Å². The van der Waals surface area contributed by atoms with Crippen LogP contribution in [0.5, 0.6) is 5.75 Å². The van der Waals surface area contributed by atoms with Crippen molar-refractivity contribution in [3.05, 3.63) is 46.0 Å². The Bertz CT molecular complexity index is 596. The lowest BCUT2D eigenvalue weighted by Gasteiger charge is -2.32. The van der Waals surface area contributed by atoms with Gasteiger partial charge < -0.3 is 4.74 Å². The van der Waals surface area contributed by atoms with Gasteiger partial charge in [0.1, 0.15) is 11.4 Å². The largest absolute Gasteiger partial charge is 0.483 e. The van der Waals surface area contributed by atoms with Gasteiger partial charge in [-0.25, -0.2) is 0 Å². The first-order chi connectivity index (χ1) is 10.9. The molecule has 0 bridgehead atoms. The van der Waals surface area contributed by atoms with Crippen LogP contribution in [-0.4, -0.2) is 5.60 Å². The van der Waals surface area contributed by atoms with Crippen molar-refractivity contribution in [2.75, 3.05) is 0 Å². The zero-order chi connectivity index (χ0) is 16.9. The van der Waals surface area contributed by atoms with Crippen molar-refractivity contribution in [2.24, 2.45) is 0 Å². The zero-order valence-corrected chi connectivity index (χ0v) is 15.7. The molecule has 1 atom stereocenters. The quantitative estimate of drug-likeness (QED) is 0.386. The van der Waals surface area contributed by atoms with E-state index >= 15 is 0 Å². The Balaban J connectivity index is 2.13. The SMILES string of the molecule is CCCCCc1cc(Cl)c2c(c1)OC(C)(CCC=C(C)C)C=C2. The van der Waals surface area contributed by atoms with Crippen LogP contribution in [-0.2, 0) is 6.42 Å². The van der Waals surface area contributed by atoms with E-state index in [-0.39, 0.29) is 5.60 Å². The minimum absolute atomic E-state index is 0.246. The fraction of sp³-hybridized carbons (Fsp3) is 0.524. The number of hydrogen-bond acceptors (Lipinski definition) is 1. The Morgan fingerprint density at radius 1 is 1.26 bits per heavy atom. The Kier molecular flexibility index (Phi) is 6.35. The van der Waals surface area contributed by atoms with Crippen molar-refractivity contribution in [1.29, 1.82) is 0 Å². The van der Waals surface area contributed by atoms with Crippen molar-refractivity contribution in [3.8, 4) is 5.75 Å². The van der Waals surface area contributed by atoms with Crippen LogP contribution in [0.3, 0.4) is 0 Å². The van der Waals surface area contributed by atoms with Crippen LogP contribution in [0.4, 0.5) is 0 Å². The summed E-state index contributed by atoms with van der Waals surface area (Å²) in [7, 11) is 0. The summed E-state index contributed by atoms with van der Waals surface area (Å²) in [6, 6.07) is 4.27. The minimum Gasteiger partial charge on any atom is -0.483 e. The van der Waals surface area contributed by atoms with Gasteiger partial charge >= 0.3 is 0 Å². The van der Waals surface area contributed by atoms with Gasteiger partial charge in [0, 0.05) is 5.56 Å². The van der Waals surface area contributed by atoms with Gasteiger partial charge in [-0.3, -0.25) is 0 Å². The standard InChI is InChI=1S/C21H29ClO/c1-5-6-7-10-17-14-19(22)18-11-13-21(4,23-20(18)15-17)12-8-9-16(2)3/h9,11,13-15H,5-8,10,12H2,1-4H3. The molecule has 126 valence electrons. The molecular formula is C21H29ClO. The molecule has 0 amide bonds. The topological polar surface area (TPSA) is 9.23 Å². The zero-order valence-electron chi connectivity index (χ0n) is 14.9. The van der Waals surface area contributed by atoms with Crippen LogP contribution in [0.25, 0.3) is 6.08 Å². The molecule has 0 fully saturated rings. The van der Waals surface area contributed by atoms with Crippen molar-refractivity contribution in [2.45, 2.75) is 71.8 Å². The predicted octanol–water partition coefficient (Wildman–Crippen LogP) is 6.98. The van der Waals surface area contributed by atoms with Crippen LogP contribution >= 0.6 is 11.6 Å². The predicted molar refractivity (Wildman–Crippen MR) is 101 cm³/mol. The number of ether oxygens (including phenoxy) is 1. The molecule has 1 aromatic rings. The van der Waals surface area contributed by atoms with Crippen LogP contribution in [0, 0.1) is 0 Å². The number of fused-ring (bicyclic) bond motifs is 1. The van der Waals surface area contributed by atoms with Gasteiger partial charge in [0.2, 0.25) is 0 Å². The van der Waals surface area contributed by atoms with E-state index in [4.69, 9.17) is 16.3 Å². The number of benzene rings is 1. The number of unbranched alkanes of at least 4 members (excludes halogenated alkanes) is 2. The van der Waals surface area contributed by atoms with Crippen LogP contribution in [0.15, 0.2) is 29.9 Å². The maximum atomic E-state index is 6.46. The highest BCUT2D eigenvalue weighted by Crippen LogP contribution is 2.38. The van der Waals surface area contributed by atoms with E-state index in [2.05, 4.69) is 58.1 Å². The molecule has 2 rings (SSSR count). The first-order valence-electron chi connectivity index (χ1n) is 8.77. The van der Waals surface area contributed by atoms with Crippen molar-refractivity contribution >= 4 is 17.7 Å². The highest BCUT2D eigenvalue weighted by atomic mass is 35.5. The van der Waals surface area contributed by atoms with E-state index in [9.17, 15) is 0 Å². The van der Waals surface area contributed by atoms with Gasteiger partial charge in [-0.2, -0.15) is 0 Å². The van der Waals surface area contributed by atoms with Gasteiger partial charge in [0.15, 0.2) is 0 Å². The average molecular weight is 333 g/mol. The van der Waals surface area contributed by atoms with Gasteiger partial charge in [-0.15, -0.1) is 0 Å². The molecule has 1 aliphatic heterocycles. The lowest BCUT2D eigenvalue weighted by molar-refractivity contribution is 0.128. The molecule has 1 aromatic carbocycles. The highest BCUT2D eigenvalue weighted by Gasteiger charge is 2.27. The molecular weight excluding hydrogens is 304 g/mol. The summed E-state index contributed by atoms with van der Waals surface area (Å²) in [6.07, 6.45) is 13.3. The Morgan fingerprint density at radius 3 is 2.74 bits per heavy atom. The molecule has 0 N–H and O–H groups in total.